The third-order valence-corrected chi connectivity index (χ3v) is 16.8. The van der Waals surface area contributed by atoms with Crippen LogP contribution in [0.2, 0.25) is 0 Å². The molecule has 2 fully saturated rings. The zero-order valence-electron chi connectivity index (χ0n) is 39.6. The largest absolute Gasteiger partial charge is 0.465 e. The second kappa shape index (κ2) is 19.7. The second-order valence-corrected chi connectivity index (χ2v) is 22.6. The summed E-state index contributed by atoms with van der Waals surface area (Å²) in [4.78, 5) is 28.0. The fraction of sp³-hybridized carbons (Fsp3) is 0.600. The molecule has 5 rings (SSSR count). The average molecular weight is 893 g/mol. The number of sulfonamides is 2. The Kier molecular flexibility index (Phi) is 15.7. The highest BCUT2D eigenvalue weighted by atomic mass is 32.2. The Hall–Kier alpha value is -3.58. The van der Waals surface area contributed by atoms with Gasteiger partial charge in [0.15, 0.2) is 0 Å². The van der Waals surface area contributed by atoms with E-state index in [1.807, 2.05) is 104 Å². The molecule has 62 heavy (non-hydrogen) atoms. The molecule has 0 aromatic heterocycles. The highest BCUT2D eigenvalue weighted by Gasteiger charge is 2.51. The molecule has 0 N–H and O–H groups in total. The predicted octanol–water partition coefficient (Wildman–Crippen LogP) is 11.3. The lowest BCUT2D eigenvalue weighted by Gasteiger charge is -2.33. The minimum atomic E-state index is -4.34. The Morgan fingerprint density at radius 1 is 0.516 bits per heavy atom. The van der Waals surface area contributed by atoms with Crippen molar-refractivity contribution in [3.05, 3.63) is 93.0 Å². The first-order chi connectivity index (χ1) is 29.0. The predicted molar refractivity (Wildman–Crippen MR) is 247 cm³/mol. The molecular formula is C50H72N2O8S2. The quantitative estimate of drug-likeness (QED) is 0.130. The summed E-state index contributed by atoms with van der Waals surface area (Å²) in [6, 6.07) is 11.8. The van der Waals surface area contributed by atoms with Crippen molar-refractivity contribution in [2.45, 2.75) is 192 Å². The molecule has 2 aliphatic rings. The molecule has 0 unspecified atom stereocenters. The van der Waals surface area contributed by atoms with Gasteiger partial charge in [0.1, 0.15) is 12.1 Å². The number of esters is 2. The third-order valence-electron chi connectivity index (χ3n) is 12.7. The molecule has 3 aromatic carbocycles. The molecule has 0 spiro atoms. The smallest absolute Gasteiger partial charge is 0.324 e. The molecule has 4 atom stereocenters. The normalized spacial score (nSPS) is 20.5. The van der Waals surface area contributed by atoms with Crippen LogP contribution in [0.4, 0.5) is 0 Å². The van der Waals surface area contributed by atoms with Crippen LogP contribution in [-0.4, -0.2) is 62.7 Å². The SMILES string of the molecule is CCOC(=O)[C@@H]1CC[C@H](c2cccc([C@H]3CC[C@@H](C(=O)OCC)N3S(=O)(=O)c3c(C(C)C)cc(C(C)C)cc3C(C)C)c2)N1S(=O)(=O)c1c(C(C)C)cc(C(C)C)cc1C(C)C. The van der Waals surface area contributed by atoms with E-state index in [0.29, 0.717) is 46.2 Å². The van der Waals surface area contributed by atoms with Crippen LogP contribution in [0, 0.1) is 0 Å². The number of hydrogen-bond donors (Lipinski definition) is 0. The molecule has 0 radical (unpaired) electrons. The molecule has 2 saturated heterocycles. The second-order valence-electron chi connectivity index (χ2n) is 19.0. The van der Waals surface area contributed by atoms with Crippen molar-refractivity contribution in [2.75, 3.05) is 13.2 Å². The lowest BCUT2D eigenvalue weighted by atomic mass is 9.89. The van der Waals surface area contributed by atoms with E-state index >= 15 is 16.8 Å². The van der Waals surface area contributed by atoms with Crippen LogP contribution in [0.5, 0.6) is 0 Å². The summed E-state index contributed by atoms with van der Waals surface area (Å²) in [5.41, 5.74) is 6.22. The Labute approximate surface area is 373 Å². The van der Waals surface area contributed by atoms with Gasteiger partial charge in [0.05, 0.1) is 35.1 Å². The highest BCUT2D eigenvalue weighted by molar-refractivity contribution is 7.89. The number of nitrogens with zero attached hydrogens (tertiary/aromatic N) is 2. The molecular weight excluding hydrogens is 821 g/mol. The number of ether oxygens (including phenoxy) is 2. The average Bonchev–Trinajstić information content (AvgIpc) is 3.87. The first kappa shape index (κ1) is 49.4. The Morgan fingerprint density at radius 3 is 1.08 bits per heavy atom. The van der Waals surface area contributed by atoms with Crippen LogP contribution >= 0.6 is 0 Å². The van der Waals surface area contributed by atoms with Crippen LogP contribution in [0.1, 0.15) is 215 Å². The van der Waals surface area contributed by atoms with Gasteiger partial charge in [-0.1, -0.05) is 132 Å². The zero-order chi connectivity index (χ0) is 46.2. The number of carbonyl (C=O) groups excluding carboxylic acids is 2. The van der Waals surface area contributed by atoms with E-state index < -0.39 is 56.2 Å². The standard InChI is InChI=1S/C50H72N2O8S2/c1-15-59-49(53)45-22-20-43(51(45)61(55,56)47-39(31(7)8)25-37(29(3)4)26-40(47)32(9)10)35-18-17-19-36(24-35)44-21-23-46(50(54)60-16-2)52(44)62(57,58)48-41(33(11)12)27-38(30(5)6)28-42(48)34(13)14/h17-19,24-34,43-46H,15-16,20-23H2,1-14H3/t43-,44-,45+,46+/m1/s1. The Balaban J connectivity index is 1.72. The van der Waals surface area contributed by atoms with Crippen LogP contribution < -0.4 is 0 Å². The minimum absolute atomic E-state index is 0.103. The molecule has 3 aromatic rings. The van der Waals surface area contributed by atoms with Crippen molar-refractivity contribution in [1.82, 2.24) is 8.61 Å². The minimum Gasteiger partial charge on any atom is -0.465 e. The van der Waals surface area contributed by atoms with Gasteiger partial charge in [0.2, 0.25) is 20.0 Å². The lowest BCUT2D eigenvalue weighted by molar-refractivity contribution is -0.148. The summed E-state index contributed by atoms with van der Waals surface area (Å²) >= 11 is 0. The first-order valence-corrected chi connectivity index (χ1v) is 25.7. The number of rotatable bonds is 16. The summed E-state index contributed by atoms with van der Waals surface area (Å²) in [7, 11) is -8.68. The van der Waals surface area contributed by atoms with Crippen LogP contribution in [0.25, 0.3) is 0 Å². The molecule has 10 nitrogen and oxygen atoms in total. The van der Waals surface area contributed by atoms with Crippen molar-refractivity contribution < 1.29 is 35.9 Å². The molecule has 0 bridgehead atoms. The Morgan fingerprint density at radius 2 is 0.823 bits per heavy atom. The maximum absolute atomic E-state index is 15.5. The van der Waals surface area contributed by atoms with Crippen molar-refractivity contribution in [1.29, 1.82) is 0 Å². The van der Waals surface area contributed by atoms with Crippen LogP contribution in [0.15, 0.2) is 58.3 Å². The van der Waals surface area contributed by atoms with Crippen LogP contribution in [0.3, 0.4) is 0 Å². The van der Waals surface area contributed by atoms with Crippen molar-refractivity contribution >= 4 is 32.0 Å². The van der Waals surface area contributed by atoms with Crippen molar-refractivity contribution in [3.63, 3.8) is 0 Å². The molecule has 342 valence electrons. The number of benzene rings is 3. The van der Waals surface area contributed by atoms with E-state index in [-0.39, 0.29) is 71.4 Å². The van der Waals surface area contributed by atoms with Crippen molar-refractivity contribution in [3.8, 4) is 0 Å². The van der Waals surface area contributed by atoms with Gasteiger partial charge >= 0.3 is 11.9 Å². The lowest BCUT2D eigenvalue weighted by Crippen LogP contribution is -2.44. The van der Waals surface area contributed by atoms with E-state index in [2.05, 4.69) is 27.7 Å². The fourth-order valence-electron chi connectivity index (χ4n) is 9.35. The van der Waals surface area contributed by atoms with Crippen molar-refractivity contribution in [2.24, 2.45) is 0 Å². The summed E-state index contributed by atoms with van der Waals surface area (Å²) in [6.07, 6.45) is 1.20. The monoisotopic (exact) mass is 892 g/mol. The van der Waals surface area contributed by atoms with Gasteiger partial charge in [0, 0.05) is 0 Å². The van der Waals surface area contributed by atoms with Gasteiger partial charge in [0.25, 0.3) is 0 Å². The highest BCUT2D eigenvalue weighted by Crippen LogP contribution is 2.48. The molecule has 2 aliphatic heterocycles. The zero-order valence-corrected chi connectivity index (χ0v) is 41.2. The van der Waals surface area contributed by atoms with Gasteiger partial charge in [-0.05, 0) is 120 Å². The van der Waals surface area contributed by atoms with Crippen LogP contribution in [-0.2, 0) is 39.1 Å². The Bertz CT molecular complexity index is 2110. The van der Waals surface area contributed by atoms with E-state index in [1.54, 1.807) is 13.8 Å². The van der Waals surface area contributed by atoms with Gasteiger partial charge in [-0.2, -0.15) is 8.61 Å². The van der Waals surface area contributed by atoms with Gasteiger partial charge in [-0.15, -0.1) is 0 Å². The maximum atomic E-state index is 15.5. The summed E-state index contributed by atoms with van der Waals surface area (Å²) < 4.78 is 76.0. The summed E-state index contributed by atoms with van der Waals surface area (Å²) in [6.45, 7) is 28.0. The molecule has 0 aliphatic carbocycles. The van der Waals surface area contributed by atoms with Gasteiger partial charge in [-0.25, -0.2) is 16.8 Å². The van der Waals surface area contributed by atoms with E-state index in [4.69, 9.17) is 9.47 Å². The third kappa shape index (κ3) is 9.59. The first-order valence-electron chi connectivity index (χ1n) is 22.9. The van der Waals surface area contributed by atoms with Gasteiger partial charge < -0.3 is 9.47 Å². The van der Waals surface area contributed by atoms with Gasteiger partial charge in [-0.3, -0.25) is 9.59 Å². The molecule has 2 heterocycles. The van der Waals surface area contributed by atoms with E-state index in [9.17, 15) is 9.59 Å². The number of hydrogen-bond acceptors (Lipinski definition) is 8. The molecule has 0 amide bonds. The summed E-state index contributed by atoms with van der Waals surface area (Å²) in [5, 5.41) is 0. The maximum Gasteiger partial charge on any atom is 0.324 e. The van der Waals surface area contributed by atoms with E-state index in [1.165, 1.54) is 8.61 Å². The van der Waals surface area contributed by atoms with E-state index in [0.717, 1.165) is 11.1 Å². The summed E-state index contributed by atoms with van der Waals surface area (Å²) in [5.74, 6) is -1.35. The number of carbonyl (C=O) groups is 2. The molecule has 0 saturated carbocycles. The topological polar surface area (TPSA) is 127 Å². The molecule has 12 heteroatoms. The fourth-order valence-corrected chi connectivity index (χ4v) is 14.3.